The van der Waals surface area contributed by atoms with Crippen LogP contribution < -0.4 is 5.32 Å². The smallest absolute Gasteiger partial charge is 0.225 e. The van der Waals surface area contributed by atoms with E-state index < -0.39 is 0 Å². The Morgan fingerprint density at radius 1 is 1.35 bits per heavy atom. The molecule has 1 amide bonds. The maximum atomic E-state index is 12.7. The summed E-state index contributed by atoms with van der Waals surface area (Å²) in [4.78, 5) is 12.8. The van der Waals surface area contributed by atoms with Crippen molar-refractivity contribution in [3.8, 4) is 0 Å². The molecule has 0 aliphatic rings. The third kappa shape index (κ3) is 3.84. The zero-order valence-corrected chi connectivity index (χ0v) is 12.2. The second kappa shape index (κ2) is 6.56. The number of thioether (sulfide) groups is 1. The van der Waals surface area contributed by atoms with Crippen molar-refractivity contribution < 1.29 is 9.18 Å². The first-order valence-corrected chi connectivity index (χ1v) is 7.24. The van der Waals surface area contributed by atoms with E-state index in [4.69, 9.17) is 0 Å². The quantitative estimate of drug-likeness (QED) is 0.832. The fourth-order valence-corrected chi connectivity index (χ4v) is 2.58. The molecule has 1 heterocycles. The average Bonchev–Trinajstić information content (AvgIpc) is 2.73. The van der Waals surface area contributed by atoms with Crippen molar-refractivity contribution in [3.63, 3.8) is 0 Å². The van der Waals surface area contributed by atoms with Crippen LogP contribution in [-0.2, 0) is 4.79 Å². The fraction of sp³-hybridized carbons (Fsp3) is 0.286. The summed E-state index contributed by atoms with van der Waals surface area (Å²) in [6.07, 6.45) is 0.395. The molecule has 106 valence electrons. The summed E-state index contributed by atoms with van der Waals surface area (Å²) in [7, 11) is 0. The third-order valence-corrected chi connectivity index (χ3v) is 3.82. The Bertz CT molecular complexity index is 575. The number of nitrogens with zero attached hydrogens (tertiary/aromatic N) is 1. The molecule has 0 unspecified atom stereocenters. The number of anilines is 1. The number of halogens is 1. The molecular formula is C14H16FN3OS. The van der Waals surface area contributed by atoms with Crippen molar-refractivity contribution in [3.05, 3.63) is 41.5 Å². The van der Waals surface area contributed by atoms with Crippen LogP contribution in [0.2, 0.25) is 0 Å². The lowest BCUT2D eigenvalue weighted by molar-refractivity contribution is -0.115. The van der Waals surface area contributed by atoms with Crippen LogP contribution in [0.15, 0.2) is 29.2 Å². The molecule has 0 aliphatic heterocycles. The zero-order chi connectivity index (χ0) is 14.5. The van der Waals surface area contributed by atoms with Crippen LogP contribution in [0.1, 0.15) is 17.8 Å². The molecule has 1 aromatic carbocycles. The molecule has 4 nitrogen and oxygen atoms in total. The van der Waals surface area contributed by atoms with Gasteiger partial charge in [-0.1, -0.05) is 0 Å². The van der Waals surface area contributed by atoms with E-state index >= 15 is 0 Å². The van der Waals surface area contributed by atoms with Crippen molar-refractivity contribution in [2.45, 2.75) is 25.2 Å². The van der Waals surface area contributed by atoms with Crippen molar-refractivity contribution in [1.82, 2.24) is 10.2 Å². The minimum Gasteiger partial charge on any atom is -0.323 e. The molecule has 1 aromatic heterocycles. The van der Waals surface area contributed by atoms with Gasteiger partial charge in [0.25, 0.3) is 0 Å². The van der Waals surface area contributed by atoms with Crippen molar-refractivity contribution >= 4 is 23.4 Å². The summed E-state index contributed by atoms with van der Waals surface area (Å²) in [6, 6.07) is 6.26. The lowest BCUT2D eigenvalue weighted by Gasteiger charge is -2.05. The zero-order valence-electron chi connectivity index (χ0n) is 11.4. The SMILES string of the molecule is Cc1n[nH]c(C)c1NC(=O)CCSc1ccc(F)cc1. The molecule has 0 radical (unpaired) electrons. The number of carbonyl (C=O) groups is 1. The molecule has 0 aliphatic carbocycles. The number of hydrogen-bond donors (Lipinski definition) is 2. The summed E-state index contributed by atoms with van der Waals surface area (Å²) >= 11 is 1.53. The summed E-state index contributed by atoms with van der Waals surface area (Å²) in [5.74, 6) is 0.346. The highest BCUT2D eigenvalue weighted by molar-refractivity contribution is 7.99. The Kier molecular flexibility index (Phi) is 4.79. The highest BCUT2D eigenvalue weighted by Gasteiger charge is 2.10. The average molecular weight is 293 g/mol. The third-order valence-electron chi connectivity index (χ3n) is 2.80. The van der Waals surface area contributed by atoms with E-state index in [0.717, 1.165) is 22.0 Å². The van der Waals surface area contributed by atoms with Gasteiger partial charge < -0.3 is 5.32 Å². The second-order valence-electron chi connectivity index (χ2n) is 4.41. The van der Waals surface area contributed by atoms with Crippen molar-refractivity contribution in [2.24, 2.45) is 0 Å². The van der Waals surface area contributed by atoms with Gasteiger partial charge in [0.05, 0.1) is 17.1 Å². The minimum absolute atomic E-state index is 0.0489. The van der Waals surface area contributed by atoms with E-state index in [1.54, 1.807) is 12.1 Å². The normalized spacial score (nSPS) is 10.6. The van der Waals surface area contributed by atoms with Gasteiger partial charge in [-0.15, -0.1) is 11.8 Å². The van der Waals surface area contributed by atoms with E-state index in [2.05, 4.69) is 15.5 Å². The molecule has 2 N–H and O–H groups in total. The standard InChI is InChI=1S/C14H16FN3OS/c1-9-14(10(2)18-17-9)16-13(19)7-8-20-12-5-3-11(15)4-6-12/h3-6H,7-8H2,1-2H3,(H,16,19)(H,17,18). The van der Waals surface area contributed by atoms with Crippen LogP contribution in [0.3, 0.4) is 0 Å². The fourth-order valence-electron chi connectivity index (χ4n) is 1.73. The van der Waals surface area contributed by atoms with Gasteiger partial charge >= 0.3 is 0 Å². The summed E-state index contributed by atoms with van der Waals surface area (Å²) in [5.41, 5.74) is 2.38. The van der Waals surface area contributed by atoms with Gasteiger partial charge in [0, 0.05) is 17.1 Å². The molecule has 0 fully saturated rings. The van der Waals surface area contributed by atoms with Gasteiger partial charge in [-0.05, 0) is 38.1 Å². The first-order valence-electron chi connectivity index (χ1n) is 6.26. The number of aryl methyl sites for hydroxylation is 2. The highest BCUT2D eigenvalue weighted by atomic mass is 32.2. The Hall–Kier alpha value is -1.82. The Morgan fingerprint density at radius 3 is 2.65 bits per heavy atom. The maximum Gasteiger partial charge on any atom is 0.225 e. The van der Waals surface area contributed by atoms with Crippen molar-refractivity contribution in [1.29, 1.82) is 0 Å². The molecule has 0 spiro atoms. The van der Waals surface area contributed by atoms with Crippen LogP contribution in [0.4, 0.5) is 10.1 Å². The molecule has 2 aromatic rings. The number of rotatable bonds is 5. The molecule has 0 bridgehead atoms. The largest absolute Gasteiger partial charge is 0.323 e. The van der Waals surface area contributed by atoms with E-state index in [1.165, 1.54) is 23.9 Å². The number of amides is 1. The van der Waals surface area contributed by atoms with Crippen LogP contribution in [0, 0.1) is 19.7 Å². The minimum atomic E-state index is -0.252. The highest BCUT2D eigenvalue weighted by Crippen LogP contribution is 2.20. The second-order valence-corrected chi connectivity index (χ2v) is 5.58. The van der Waals surface area contributed by atoms with Gasteiger partial charge in [0.2, 0.25) is 5.91 Å². The Labute approximate surface area is 121 Å². The first-order chi connectivity index (χ1) is 9.56. The predicted molar refractivity (Wildman–Crippen MR) is 78.4 cm³/mol. The summed E-state index contributed by atoms with van der Waals surface area (Å²) < 4.78 is 12.7. The first kappa shape index (κ1) is 14.6. The van der Waals surface area contributed by atoms with Gasteiger partial charge in [0.1, 0.15) is 5.82 Å². The molecule has 0 atom stereocenters. The number of benzene rings is 1. The van der Waals surface area contributed by atoms with Crippen LogP contribution in [0.5, 0.6) is 0 Å². The monoisotopic (exact) mass is 293 g/mol. The molecule has 6 heteroatoms. The number of aromatic nitrogens is 2. The van der Waals surface area contributed by atoms with Gasteiger partial charge in [0.15, 0.2) is 0 Å². The predicted octanol–water partition coefficient (Wildman–Crippen LogP) is 3.29. The number of aromatic amines is 1. The molecule has 0 saturated carbocycles. The van der Waals surface area contributed by atoms with Crippen LogP contribution >= 0.6 is 11.8 Å². The summed E-state index contributed by atoms with van der Waals surface area (Å²) in [6.45, 7) is 3.70. The summed E-state index contributed by atoms with van der Waals surface area (Å²) in [5, 5.41) is 9.70. The maximum absolute atomic E-state index is 12.7. The lowest BCUT2D eigenvalue weighted by atomic mass is 10.3. The van der Waals surface area contributed by atoms with Crippen LogP contribution in [0.25, 0.3) is 0 Å². The van der Waals surface area contributed by atoms with Crippen molar-refractivity contribution in [2.75, 3.05) is 11.1 Å². The molecule has 2 rings (SSSR count). The van der Waals surface area contributed by atoms with E-state index in [9.17, 15) is 9.18 Å². The van der Waals surface area contributed by atoms with E-state index in [0.29, 0.717) is 12.2 Å². The molecule has 0 saturated heterocycles. The number of H-pyrrole nitrogens is 1. The number of hydrogen-bond acceptors (Lipinski definition) is 3. The van der Waals surface area contributed by atoms with Crippen LogP contribution in [-0.4, -0.2) is 21.9 Å². The van der Waals surface area contributed by atoms with E-state index in [1.807, 2.05) is 13.8 Å². The number of carbonyl (C=O) groups excluding carboxylic acids is 1. The van der Waals surface area contributed by atoms with E-state index in [-0.39, 0.29) is 11.7 Å². The topological polar surface area (TPSA) is 57.8 Å². The van der Waals surface area contributed by atoms with Gasteiger partial charge in [-0.3, -0.25) is 9.89 Å². The Morgan fingerprint density at radius 2 is 2.05 bits per heavy atom. The molecule has 20 heavy (non-hydrogen) atoms. The van der Waals surface area contributed by atoms with Gasteiger partial charge in [-0.25, -0.2) is 4.39 Å². The lowest BCUT2D eigenvalue weighted by Crippen LogP contribution is -2.13. The molecular weight excluding hydrogens is 277 g/mol. The van der Waals surface area contributed by atoms with Gasteiger partial charge in [-0.2, -0.15) is 5.10 Å². The Balaban J connectivity index is 1.80. The number of nitrogens with one attached hydrogen (secondary N) is 2.